The van der Waals surface area contributed by atoms with E-state index >= 15 is 0 Å². The molecule has 1 N–H and O–H groups in total. The van der Waals surface area contributed by atoms with Crippen LogP contribution in [0.3, 0.4) is 0 Å². The molecule has 2 nitrogen and oxygen atoms in total. The molecule has 14 heavy (non-hydrogen) atoms. The van der Waals surface area contributed by atoms with Crippen molar-refractivity contribution in [1.29, 1.82) is 0 Å². The van der Waals surface area contributed by atoms with E-state index in [0.29, 0.717) is 0 Å². The molecule has 1 aromatic carbocycles. The lowest BCUT2D eigenvalue weighted by Gasteiger charge is -2.05. The van der Waals surface area contributed by atoms with Crippen molar-refractivity contribution in [2.75, 3.05) is 5.32 Å². The number of rotatable bonds is 2. The fourth-order valence-electron chi connectivity index (χ4n) is 1.30. The fourth-order valence-corrected chi connectivity index (χ4v) is 1.30. The predicted octanol–water partition coefficient (Wildman–Crippen LogP) is 2.48. The molecule has 0 aliphatic heterocycles. The van der Waals surface area contributed by atoms with Gasteiger partial charge < -0.3 is 5.32 Å². The van der Waals surface area contributed by atoms with Crippen molar-refractivity contribution in [2.45, 2.75) is 19.8 Å². The number of anilines is 1. The van der Waals surface area contributed by atoms with Crippen LogP contribution >= 0.6 is 0 Å². The van der Waals surface area contributed by atoms with Gasteiger partial charge in [-0.1, -0.05) is 6.07 Å². The summed E-state index contributed by atoms with van der Waals surface area (Å²) in [6.45, 7) is 1.82. The Morgan fingerprint density at radius 1 is 1.50 bits per heavy atom. The highest BCUT2D eigenvalue weighted by molar-refractivity contribution is 5.94. The van der Waals surface area contributed by atoms with Crippen LogP contribution in [-0.2, 0) is 4.79 Å². The van der Waals surface area contributed by atoms with Crippen molar-refractivity contribution in [3.8, 4) is 0 Å². The maximum atomic E-state index is 13.3. The van der Waals surface area contributed by atoms with Crippen molar-refractivity contribution < 1.29 is 9.18 Å². The van der Waals surface area contributed by atoms with E-state index in [1.54, 1.807) is 12.1 Å². The van der Waals surface area contributed by atoms with E-state index in [1.807, 2.05) is 6.92 Å². The average molecular weight is 193 g/mol. The van der Waals surface area contributed by atoms with Crippen molar-refractivity contribution in [2.24, 2.45) is 5.92 Å². The number of amides is 1. The quantitative estimate of drug-likeness (QED) is 0.768. The fraction of sp³-hybridized carbons (Fsp3) is 0.364. The zero-order chi connectivity index (χ0) is 10.1. The van der Waals surface area contributed by atoms with Gasteiger partial charge in [-0.25, -0.2) is 4.39 Å². The van der Waals surface area contributed by atoms with Crippen LogP contribution in [0.15, 0.2) is 18.2 Å². The van der Waals surface area contributed by atoms with Gasteiger partial charge in [0.1, 0.15) is 5.82 Å². The van der Waals surface area contributed by atoms with Gasteiger partial charge in [-0.3, -0.25) is 4.79 Å². The van der Waals surface area contributed by atoms with E-state index in [4.69, 9.17) is 0 Å². The van der Waals surface area contributed by atoms with Gasteiger partial charge in [0.25, 0.3) is 0 Å². The number of nitrogens with one attached hydrogen (secondary N) is 1. The Balaban J connectivity index is 2.11. The maximum absolute atomic E-state index is 13.3. The highest BCUT2D eigenvalue weighted by Gasteiger charge is 2.29. The second kappa shape index (κ2) is 3.40. The standard InChI is InChI=1S/C11H12FNO/c1-7-2-5-10(9(12)6-7)13-11(14)8-3-4-8/h2,5-6,8H,3-4H2,1H3,(H,13,14). The molecule has 0 unspecified atom stereocenters. The lowest BCUT2D eigenvalue weighted by atomic mass is 10.2. The third-order valence-corrected chi connectivity index (χ3v) is 2.33. The van der Waals surface area contributed by atoms with Crippen molar-refractivity contribution in [3.63, 3.8) is 0 Å². The van der Waals surface area contributed by atoms with Crippen LogP contribution in [0.25, 0.3) is 0 Å². The molecule has 0 heterocycles. The van der Waals surface area contributed by atoms with E-state index in [0.717, 1.165) is 18.4 Å². The monoisotopic (exact) mass is 193 g/mol. The molecule has 1 aromatic rings. The van der Waals surface area contributed by atoms with Crippen molar-refractivity contribution in [1.82, 2.24) is 0 Å². The highest BCUT2D eigenvalue weighted by Crippen LogP contribution is 2.30. The van der Waals surface area contributed by atoms with Gasteiger partial charge in [-0.05, 0) is 37.5 Å². The second-order valence-corrected chi connectivity index (χ2v) is 3.75. The number of benzene rings is 1. The van der Waals surface area contributed by atoms with E-state index in [-0.39, 0.29) is 23.3 Å². The molecule has 1 amide bonds. The molecule has 0 bridgehead atoms. The van der Waals surface area contributed by atoms with Gasteiger partial charge in [0, 0.05) is 5.92 Å². The molecule has 1 fully saturated rings. The number of halogens is 1. The molecule has 3 heteroatoms. The number of carbonyl (C=O) groups is 1. The van der Waals surface area contributed by atoms with E-state index in [2.05, 4.69) is 5.32 Å². The number of aryl methyl sites for hydroxylation is 1. The van der Waals surface area contributed by atoms with Crippen LogP contribution in [0.4, 0.5) is 10.1 Å². The summed E-state index contributed by atoms with van der Waals surface area (Å²) < 4.78 is 13.3. The summed E-state index contributed by atoms with van der Waals surface area (Å²) in [6.07, 6.45) is 1.86. The van der Waals surface area contributed by atoms with Gasteiger partial charge in [0.15, 0.2) is 0 Å². The minimum atomic E-state index is -0.362. The first-order valence-corrected chi connectivity index (χ1v) is 4.74. The summed E-state index contributed by atoms with van der Waals surface area (Å²) in [5.41, 5.74) is 1.14. The Morgan fingerprint density at radius 3 is 2.79 bits per heavy atom. The van der Waals surface area contributed by atoms with Crippen LogP contribution in [0.1, 0.15) is 18.4 Å². The maximum Gasteiger partial charge on any atom is 0.227 e. The van der Waals surface area contributed by atoms with Gasteiger partial charge in [0.05, 0.1) is 5.69 Å². The lowest BCUT2D eigenvalue weighted by Crippen LogP contribution is -2.14. The third-order valence-electron chi connectivity index (χ3n) is 2.33. The van der Waals surface area contributed by atoms with E-state index < -0.39 is 0 Å². The number of hydrogen-bond donors (Lipinski definition) is 1. The zero-order valence-electron chi connectivity index (χ0n) is 8.01. The van der Waals surface area contributed by atoms with E-state index in [1.165, 1.54) is 6.07 Å². The largest absolute Gasteiger partial charge is 0.323 e. The molecule has 0 aromatic heterocycles. The van der Waals surface area contributed by atoms with Gasteiger partial charge in [-0.15, -0.1) is 0 Å². The molecular weight excluding hydrogens is 181 g/mol. The number of carbonyl (C=O) groups excluding carboxylic acids is 1. The summed E-state index contributed by atoms with van der Waals surface area (Å²) in [5.74, 6) is -0.317. The van der Waals surface area contributed by atoms with Crippen LogP contribution in [-0.4, -0.2) is 5.91 Å². The molecule has 0 atom stereocenters. The smallest absolute Gasteiger partial charge is 0.227 e. The van der Waals surface area contributed by atoms with Crippen molar-refractivity contribution >= 4 is 11.6 Å². The second-order valence-electron chi connectivity index (χ2n) is 3.75. The van der Waals surface area contributed by atoms with Gasteiger partial charge in [-0.2, -0.15) is 0 Å². The molecule has 0 spiro atoms. The summed E-state index contributed by atoms with van der Waals surface area (Å²) in [4.78, 5) is 11.3. The molecule has 74 valence electrons. The summed E-state index contributed by atoms with van der Waals surface area (Å²) in [7, 11) is 0. The van der Waals surface area contributed by atoms with Crippen LogP contribution < -0.4 is 5.32 Å². The Hall–Kier alpha value is -1.38. The van der Waals surface area contributed by atoms with Gasteiger partial charge in [0.2, 0.25) is 5.91 Å². The Bertz CT molecular complexity index is 372. The Morgan fingerprint density at radius 2 is 2.21 bits per heavy atom. The molecular formula is C11H12FNO. The average Bonchev–Trinajstić information content (AvgIpc) is 2.92. The minimum absolute atomic E-state index is 0.0623. The first-order valence-electron chi connectivity index (χ1n) is 4.74. The third kappa shape index (κ3) is 1.92. The Kier molecular flexibility index (Phi) is 2.23. The molecule has 1 saturated carbocycles. The van der Waals surface area contributed by atoms with Crippen LogP contribution in [0.2, 0.25) is 0 Å². The predicted molar refractivity (Wildman–Crippen MR) is 52.5 cm³/mol. The topological polar surface area (TPSA) is 29.1 Å². The summed E-state index contributed by atoms with van der Waals surface area (Å²) in [5, 5.41) is 2.59. The SMILES string of the molecule is Cc1ccc(NC(=O)C2CC2)c(F)c1. The van der Waals surface area contributed by atoms with Gasteiger partial charge >= 0.3 is 0 Å². The van der Waals surface area contributed by atoms with Crippen molar-refractivity contribution in [3.05, 3.63) is 29.6 Å². The molecule has 1 aliphatic rings. The minimum Gasteiger partial charge on any atom is -0.323 e. The normalized spacial score (nSPS) is 15.3. The van der Waals surface area contributed by atoms with Crippen LogP contribution in [0.5, 0.6) is 0 Å². The lowest BCUT2D eigenvalue weighted by molar-refractivity contribution is -0.117. The number of hydrogen-bond acceptors (Lipinski definition) is 1. The first-order chi connectivity index (χ1) is 6.66. The van der Waals surface area contributed by atoms with Crippen LogP contribution in [0, 0.1) is 18.7 Å². The molecule has 1 aliphatic carbocycles. The highest BCUT2D eigenvalue weighted by atomic mass is 19.1. The molecule has 2 rings (SSSR count). The summed E-state index contributed by atoms with van der Waals surface area (Å²) >= 11 is 0. The first kappa shape index (κ1) is 9.19. The Labute approximate surface area is 82.1 Å². The van der Waals surface area contributed by atoms with E-state index in [9.17, 15) is 9.18 Å². The zero-order valence-corrected chi connectivity index (χ0v) is 8.01. The molecule has 0 radical (unpaired) electrons. The molecule has 0 saturated heterocycles. The summed E-state index contributed by atoms with van der Waals surface area (Å²) in [6, 6.07) is 4.80.